The third-order valence-corrected chi connectivity index (χ3v) is 12.3. The summed E-state index contributed by atoms with van der Waals surface area (Å²) in [6.07, 6.45) is 13.9. The molecule has 3 aliphatic rings. The molecule has 0 radical (unpaired) electrons. The van der Waals surface area contributed by atoms with E-state index in [1.807, 2.05) is 0 Å². The molecule has 7 aromatic rings. The first-order valence-electron chi connectivity index (χ1n) is 21.0. The van der Waals surface area contributed by atoms with E-state index >= 15 is 0 Å². The normalized spacial score (nSPS) is 17.9. The van der Waals surface area contributed by atoms with Gasteiger partial charge in [0.2, 0.25) is 0 Å². The van der Waals surface area contributed by atoms with Crippen LogP contribution in [0, 0.1) is 25.7 Å². The molecule has 0 aromatic heterocycles. The van der Waals surface area contributed by atoms with Gasteiger partial charge in [-0.3, -0.25) is 0 Å². The summed E-state index contributed by atoms with van der Waals surface area (Å²) >= 11 is 0. The Morgan fingerprint density at radius 1 is 0.424 bits per heavy atom. The van der Waals surface area contributed by atoms with Crippen LogP contribution in [0.1, 0.15) is 41.0 Å². The van der Waals surface area contributed by atoms with Crippen LogP contribution in [0.4, 0.5) is 22.7 Å². The smallest absolute Gasteiger partial charge is 0.0461 e. The van der Waals surface area contributed by atoms with Crippen LogP contribution < -0.4 is 9.80 Å². The molecule has 3 aliphatic carbocycles. The van der Waals surface area contributed by atoms with Crippen molar-refractivity contribution in [3.05, 3.63) is 246 Å². The quantitative estimate of drug-likeness (QED) is 0.137. The van der Waals surface area contributed by atoms with Gasteiger partial charge in [0, 0.05) is 46.0 Å². The largest absolute Gasteiger partial charge is 0.314 e. The number of hydrogen-bond donors (Lipinski definition) is 0. The second kappa shape index (κ2) is 15.8. The molecule has 2 unspecified atom stereocenters. The van der Waals surface area contributed by atoms with E-state index in [2.05, 4.69) is 236 Å². The van der Waals surface area contributed by atoms with Crippen molar-refractivity contribution < 1.29 is 0 Å². The molecule has 0 aliphatic heterocycles. The highest BCUT2D eigenvalue weighted by molar-refractivity contribution is 5.81. The first-order chi connectivity index (χ1) is 29.1. The van der Waals surface area contributed by atoms with E-state index in [-0.39, 0.29) is 0 Å². The van der Waals surface area contributed by atoms with Crippen molar-refractivity contribution in [2.24, 2.45) is 11.8 Å². The van der Waals surface area contributed by atoms with Gasteiger partial charge in [-0.2, -0.15) is 0 Å². The van der Waals surface area contributed by atoms with Gasteiger partial charge < -0.3 is 9.80 Å². The first kappa shape index (κ1) is 36.4. The van der Waals surface area contributed by atoms with Crippen LogP contribution in [-0.2, 0) is 0 Å². The van der Waals surface area contributed by atoms with Gasteiger partial charge in [0.1, 0.15) is 0 Å². The second-order valence-electron chi connectivity index (χ2n) is 16.3. The van der Waals surface area contributed by atoms with Gasteiger partial charge in [0.15, 0.2) is 0 Å². The lowest BCUT2D eigenvalue weighted by molar-refractivity contribution is 0.840. The third-order valence-electron chi connectivity index (χ3n) is 12.3. The highest BCUT2D eigenvalue weighted by Gasteiger charge is 2.46. The highest BCUT2D eigenvalue weighted by atomic mass is 15.2. The molecule has 2 nitrogen and oxygen atoms in total. The number of hydrogen-bond acceptors (Lipinski definition) is 2. The van der Waals surface area contributed by atoms with Crippen LogP contribution in [0.5, 0.6) is 0 Å². The van der Waals surface area contributed by atoms with E-state index < -0.39 is 0 Å². The summed E-state index contributed by atoms with van der Waals surface area (Å²) in [5, 5.41) is 0. The number of benzene rings is 7. The number of aryl methyl sites for hydroxylation is 2. The lowest BCUT2D eigenvalue weighted by atomic mass is 9.91. The molecule has 0 saturated heterocycles. The van der Waals surface area contributed by atoms with Gasteiger partial charge in [-0.25, -0.2) is 0 Å². The van der Waals surface area contributed by atoms with Crippen LogP contribution in [0.25, 0.3) is 27.8 Å². The van der Waals surface area contributed by atoms with Gasteiger partial charge in [0.25, 0.3) is 0 Å². The summed E-state index contributed by atoms with van der Waals surface area (Å²) < 4.78 is 0. The molecule has 2 heteroatoms. The van der Waals surface area contributed by atoms with Gasteiger partial charge in [-0.05, 0) is 132 Å². The maximum Gasteiger partial charge on any atom is 0.0461 e. The average Bonchev–Trinajstić information content (AvgIpc) is 4.11. The molecule has 0 amide bonds. The molecule has 286 valence electrons. The Kier molecular flexibility index (Phi) is 9.76. The Morgan fingerprint density at radius 3 is 1.41 bits per heavy atom. The molecule has 10 rings (SSSR count). The zero-order valence-electron chi connectivity index (χ0n) is 33.7. The molecule has 3 atom stereocenters. The zero-order chi connectivity index (χ0) is 39.7. The maximum absolute atomic E-state index is 2.47. The predicted octanol–water partition coefficient (Wildman–Crippen LogP) is 15.2. The SMILES string of the molecule is Cc1ccc(N(C2=CCC(c3ccccc3)C=C2)c2ccc(-c3ccc(C4=CC=C(N(c5ccc(C)cc5)c5ccc(-c6ccccc6)cc5)C5C[C@H]45)cc3)cc2)cc1. The third kappa shape index (κ3) is 7.51. The standard InChI is InChI=1S/C57H48N2/c1-40-13-27-49(28-14-40)58(50-31-21-45(22-32-50)42-9-5-3-6-10-42)51-33-23-47(24-34-51)44-17-19-48(20-18-44)54-37-38-57(56-39-55(54)56)59(52-29-15-41(2)16-30-52)53-35-25-46(26-36-53)43-11-7-4-8-12-43/h3-21,23-38,45,55-56H,22,39H2,1-2H3/t45?,55-,56?/m1/s1. The summed E-state index contributed by atoms with van der Waals surface area (Å²) in [7, 11) is 0. The van der Waals surface area contributed by atoms with E-state index in [4.69, 9.17) is 0 Å². The Morgan fingerprint density at radius 2 is 0.881 bits per heavy atom. The van der Waals surface area contributed by atoms with E-state index in [1.54, 1.807) is 0 Å². The van der Waals surface area contributed by atoms with Crippen LogP contribution in [0.3, 0.4) is 0 Å². The molecule has 0 spiro atoms. The number of fused-ring (bicyclic) bond motifs is 1. The van der Waals surface area contributed by atoms with Crippen LogP contribution in [0.2, 0.25) is 0 Å². The Balaban J connectivity index is 0.894. The van der Waals surface area contributed by atoms with Crippen LogP contribution in [0.15, 0.2) is 224 Å². The summed E-state index contributed by atoms with van der Waals surface area (Å²) in [4.78, 5) is 4.86. The fourth-order valence-corrected chi connectivity index (χ4v) is 8.93. The lowest BCUT2D eigenvalue weighted by Gasteiger charge is -2.30. The van der Waals surface area contributed by atoms with Crippen molar-refractivity contribution in [2.45, 2.75) is 32.6 Å². The number of allylic oxidation sites excluding steroid dienone is 7. The molecule has 59 heavy (non-hydrogen) atoms. The lowest BCUT2D eigenvalue weighted by Crippen LogP contribution is -2.19. The van der Waals surface area contributed by atoms with Gasteiger partial charge in [-0.1, -0.05) is 163 Å². The summed E-state index contributed by atoms with van der Waals surface area (Å²) in [6.45, 7) is 4.30. The minimum Gasteiger partial charge on any atom is -0.314 e. The zero-order valence-corrected chi connectivity index (χ0v) is 33.7. The molecule has 1 fully saturated rings. The topological polar surface area (TPSA) is 6.48 Å². The summed E-state index contributed by atoms with van der Waals surface area (Å²) in [5.41, 5.74) is 18.9. The highest BCUT2D eigenvalue weighted by Crippen LogP contribution is 2.57. The maximum atomic E-state index is 2.47. The van der Waals surface area contributed by atoms with Gasteiger partial charge in [-0.15, -0.1) is 0 Å². The van der Waals surface area contributed by atoms with Crippen molar-refractivity contribution in [3.8, 4) is 22.3 Å². The number of rotatable bonds is 10. The average molecular weight is 761 g/mol. The second-order valence-corrected chi connectivity index (χ2v) is 16.3. The first-order valence-corrected chi connectivity index (χ1v) is 21.0. The number of nitrogens with zero attached hydrogens (tertiary/aromatic N) is 2. The van der Waals surface area contributed by atoms with Crippen molar-refractivity contribution in [1.29, 1.82) is 0 Å². The van der Waals surface area contributed by atoms with Crippen molar-refractivity contribution in [3.63, 3.8) is 0 Å². The molecule has 0 heterocycles. The summed E-state index contributed by atoms with van der Waals surface area (Å²) in [6, 6.07) is 66.6. The van der Waals surface area contributed by atoms with Crippen LogP contribution in [-0.4, -0.2) is 0 Å². The van der Waals surface area contributed by atoms with E-state index in [0.29, 0.717) is 17.8 Å². The molecule has 7 aromatic carbocycles. The molecule has 0 N–H and O–H groups in total. The van der Waals surface area contributed by atoms with Crippen LogP contribution >= 0.6 is 0 Å². The fraction of sp³-hybridized carbons (Fsp3) is 0.123. The molecular formula is C57H48N2. The molecule has 1 saturated carbocycles. The number of anilines is 4. The van der Waals surface area contributed by atoms with Gasteiger partial charge in [0.05, 0.1) is 0 Å². The van der Waals surface area contributed by atoms with E-state index in [9.17, 15) is 0 Å². The summed E-state index contributed by atoms with van der Waals surface area (Å²) in [5.74, 6) is 1.41. The van der Waals surface area contributed by atoms with Crippen molar-refractivity contribution >= 4 is 28.3 Å². The fourth-order valence-electron chi connectivity index (χ4n) is 8.93. The Hall–Kier alpha value is -6.90. The van der Waals surface area contributed by atoms with Crippen molar-refractivity contribution in [1.82, 2.24) is 0 Å². The minimum absolute atomic E-state index is 0.398. The van der Waals surface area contributed by atoms with E-state index in [1.165, 1.54) is 85.0 Å². The van der Waals surface area contributed by atoms with Crippen molar-refractivity contribution in [2.75, 3.05) is 9.80 Å². The predicted molar refractivity (Wildman–Crippen MR) is 249 cm³/mol. The molecular weight excluding hydrogens is 713 g/mol. The monoisotopic (exact) mass is 760 g/mol. The Bertz CT molecular complexity index is 2680. The molecule has 0 bridgehead atoms. The minimum atomic E-state index is 0.398. The van der Waals surface area contributed by atoms with Gasteiger partial charge >= 0.3 is 0 Å². The Labute approximate surface area is 349 Å². The van der Waals surface area contributed by atoms with E-state index in [0.717, 1.165) is 12.1 Å².